The molecule has 6 aromatic carbocycles. The summed E-state index contributed by atoms with van der Waals surface area (Å²) in [6.07, 6.45) is -19.1. The van der Waals surface area contributed by atoms with Gasteiger partial charge in [0.15, 0.2) is 0 Å². The first-order chi connectivity index (χ1) is 28.6. The van der Waals surface area contributed by atoms with Gasteiger partial charge in [0.1, 0.15) is 0 Å². The third kappa shape index (κ3) is 9.11. The van der Waals surface area contributed by atoms with Crippen LogP contribution in [-0.2, 0) is 32.9 Å². The van der Waals surface area contributed by atoms with Gasteiger partial charge in [0.05, 0.1) is 22.3 Å². The van der Waals surface area contributed by atoms with Gasteiger partial charge in [0.25, 0.3) is 16.6 Å². The molecule has 0 bridgehead atoms. The number of rotatable bonds is 12. The van der Waals surface area contributed by atoms with Crippen molar-refractivity contribution in [2.45, 2.75) is 24.7 Å². The number of hydrogen-bond acceptors (Lipinski definition) is 2. The minimum absolute atomic E-state index is 0.0949. The van der Waals surface area contributed by atoms with Crippen LogP contribution in [0.15, 0.2) is 182 Å². The molecule has 0 aromatic heterocycles. The van der Waals surface area contributed by atoms with E-state index in [2.05, 4.69) is 13.2 Å². The second-order valence-corrected chi connectivity index (χ2v) is 23.8. The average molecular weight is 905 g/mol. The van der Waals surface area contributed by atoms with Crippen molar-refractivity contribution in [2.75, 3.05) is 0 Å². The molecule has 0 atom stereocenters. The number of alkyl halides is 12. The molecule has 0 N–H and O–H groups in total. The van der Waals surface area contributed by atoms with E-state index in [1.54, 1.807) is 60.7 Å². The maximum absolute atomic E-state index is 13.9. The van der Waals surface area contributed by atoms with E-state index in [4.69, 9.17) is 8.23 Å². The molecule has 0 saturated carbocycles. The van der Waals surface area contributed by atoms with Crippen molar-refractivity contribution in [3.8, 4) is 0 Å². The van der Waals surface area contributed by atoms with Gasteiger partial charge < -0.3 is 8.23 Å². The van der Waals surface area contributed by atoms with Crippen molar-refractivity contribution in [1.29, 1.82) is 0 Å². The van der Waals surface area contributed by atoms with Gasteiger partial charge in [-0.2, -0.15) is 52.7 Å². The van der Waals surface area contributed by atoms with Crippen molar-refractivity contribution < 1.29 is 60.9 Å². The highest BCUT2D eigenvalue weighted by atomic mass is 28.5. The predicted molar refractivity (Wildman–Crippen MR) is 216 cm³/mol. The Labute approximate surface area is 345 Å². The highest BCUT2D eigenvalue weighted by molar-refractivity contribution is 7.14. The fourth-order valence-corrected chi connectivity index (χ4v) is 21.4. The molecule has 316 valence electrons. The summed E-state index contributed by atoms with van der Waals surface area (Å²) in [4.78, 5) is 0. The molecule has 6 aromatic rings. The highest BCUT2D eigenvalue weighted by Gasteiger charge is 2.56. The Morgan fingerprint density at radius 3 is 0.705 bits per heavy atom. The van der Waals surface area contributed by atoms with Crippen molar-refractivity contribution in [3.05, 3.63) is 205 Å². The smallest absolute Gasteiger partial charge is 0.416 e. The first kappa shape index (κ1) is 45.1. The summed E-state index contributed by atoms with van der Waals surface area (Å²) >= 11 is 0. The molecule has 0 fully saturated rings. The Kier molecular flexibility index (Phi) is 12.4. The number of halogens is 12. The largest absolute Gasteiger partial charge is 0.419 e. The van der Waals surface area contributed by atoms with Crippen molar-refractivity contribution >= 4 is 56.3 Å². The third-order valence-corrected chi connectivity index (χ3v) is 23.0. The number of hydrogen-bond donors (Lipinski definition) is 0. The van der Waals surface area contributed by atoms with Crippen LogP contribution in [0.4, 0.5) is 52.7 Å². The third-order valence-electron chi connectivity index (χ3n) is 10.1. The Morgan fingerprint density at radius 2 is 0.525 bits per heavy atom. The van der Waals surface area contributed by atoms with Gasteiger partial charge in [-0.25, -0.2) is 0 Å². The van der Waals surface area contributed by atoms with Crippen LogP contribution in [0.5, 0.6) is 0 Å². The lowest BCUT2D eigenvalue weighted by Crippen LogP contribution is -2.78. The fourth-order valence-electron chi connectivity index (χ4n) is 6.94. The second kappa shape index (κ2) is 16.8. The normalized spacial score (nSPS) is 13.2. The van der Waals surface area contributed by atoms with Crippen LogP contribution in [-0.4, -0.2) is 25.2 Å². The van der Waals surface area contributed by atoms with Crippen LogP contribution < -0.4 is 31.1 Å². The fraction of sp³-hybridized carbons (Fsp3) is 0.0909. The zero-order valence-corrected chi connectivity index (χ0v) is 34.4. The molecule has 0 aliphatic carbocycles. The topological polar surface area (TPSA) is 18.5 Å². The molecule has 17 heteroatoms. The van der Waals surface area contributed by atoms with Gasteiger partial charge >= 0.3 is 33.3 Å². The van der Waals surface area contributed by atoms with Crippen LogP contribution in [0.25, 0.3) is 0 Å². The van der Waals surface area contributed by atoms with E-state index in [1.165, 1.54) is 11.4 Å². The Morgan fingerprint density at radius 1 is 0.311 bits per heavy atom. The lowest BCUT2D eigenvalue weighted by atomic mass is 10.2. The highest BCUT2D eigenvalue weighted by Crippen LogP contribution is 2.33. The molecule has 0 unspecified atom stereocenters. The van der Waals surface area contributed by atoms with Crippen LogP contribution in [0, 0.1) is 0 Å². The van der Waals surface area contributed by atoms with Crippen LogP contribution >= 0.6 is 0 Å². The van der Waals surface area contributed by atoms with Crippen LogP contribution in [0.3, 0.4) is 0 Å². The SMILES string of the molecule is C=C[Si](O[Si](O[Si](C=C)(c1ccc(C(F)(F)F)cc1)c1ccc(C(F)(F)F)cc1)(c1ccccc1)c1ccccc1)(c1ccc(C(F)(F)F)cc1)c1ccc(C(F)(F)F)cc1. The molecular formula is C44H32F12O2Si3. The Bertz CT molecular complexity index is 2140. The molecule has 0 aliphatic rings. The molecule has 0 saturated heterocycles. The van der Waals surface area contributed by atoms with Gasteiger partial charge in [-0.3, -0.25) is 0 Å². The van der Waals surface area contributed by atoms with Crippen molar-refractivity contribution in [2.24, 2.45) is 0 Å². The van der Waals surface area contributed by atoms with Crippen molar-refractivity contribution in [1.82, 2.24) is 0 Å². The summed E-state index contributed by atoms with van der Waals surface area (Å²) in [6, 6.07) is 31.6. The predicted octanol–water partition coefficient (Wildman–Crippen LogP) is 9.32. The van der Waals surface area contributed by atoms with E-state index in [0.717, 1.165) is 97.1 Å². The summed E-state index contributed by atoms with van der Waals surface area (Å²) in [6.45, 7) is 8.07. The molecule has 2 nitrogen and oxygen atoms in total. The average Bonchev–Trinajstić information content (AvgIpc) is 3.24. The maximum Gasteiger partial charge on any atom is 0.416 e. The minimum Gasteiger partial charge on any atom is -0.419 e. The summed E-state index contributed by atoms with van der Waals surface area (Å²) in [5, 5.41) is 1.01. The van der Waals surface area contributed by atoms with E-state index < -0.39 is 72.2 Å². The molecule has 61 heavy (non-hydrogen) atoms. The van der Waals surface area contributed by atoms with Gasteiger partial charge in [0.2, 0.25) is 0 Å². The summed E-state index contributed by atoms with van der Waals surface area (Å²) in [5.41, 5.74) is -1.51. The van der Waals surface area contributed by atoms with Crippen molar-refractivity contribution in [3.63, 3.8) is 0 Å². The van der Waals surface area contributed by atoms with Gasteiger partial charge in [0, 0.05) is 0 Å². The summed E-state index contributed by atoms with van der Waals surface area (Å²) < 4.78 is 182. The van der Waals surface area contributed by atoms with E-state index in [-0.39, 0.29) is 20.7 Å². The van der Waals surface area contributed by atoms with E-state index in [9.17, 15) is 52.7 Å². The monoisotopic (exact) mass is 904 g/mol. The molecule has 6 rings (SSSR count). The summed E-state index contributed by atoms with van der Waals surface area (Å²) in [5.74, 6) is 0. The second-order valence-electron chi connectivity index (χ2n) is 13.7. The summed E-state index contributed by atoms with van der Waals surface area (Å²) in [7, 11) is -13.5. The maximum atomic E-state index is 13.9. The quantitative estimate of drug-likeness (QED) is 0.0902. The Hall–Kier alpha value is -5.47. The molecule has 0 heterocycles. The van der Waals surface area contributed by atoms with Gasteiger partial charge in [-0.1, -0.05) is 169 Å². The van der Waals surface area contributed by atoms with Crippen LogP contribution in [0.1, 0.15) is 22.3 Å². The van der Waals surface area contributed by atoms with E-state index >= 15 is 0 Å². The lowest BCUT2D eigenvalue weighted by Gasteiger charge is -2.45. The van der Waals surface area contributed by atoms with Gasteiger partial charge in [-0.15, -0.1) is 13.2 Å². The molecule has 0 spiro atoms. The molecule has 0 aliphatic heterocycles. The van der Waals surface area contributed by atoms with E-state index in [0.29, 0.717) is 10.4 Å². The van der Waals surface area contributed by atoms with Gasteiger partial charge in [-0.05, 0) is 31.1 Å². The Balaban J connectivity index is 1.73. The zero-order valence-electron chi connectivity index (χ0n) is 31.4. The van der Waals surface area contributed by atoms with E-state index in [1.807, 2.05) is 0 Å². The number of benzene rings is 6. The molecular weight excluding hydrogens is 873 g/mol. The first-order valence-electron chi connectivity index (χ1n) is 18.1. The zero-order chi connectivity index (χ0) is 44.5. The molecule has 0 amide bonds. The van der Waals surface area contributed by atoms with Crippen LogP contribution in [0.2, 0.25) is 0 Å². The standard InChI is InChI=1S/C44H32F12O2Si3/c1-3-59(35-23-15-31(16-24-35)41(45,46)47,36-25-17-32(18-26-36)42(48,49)50)57-61(39-11-7-5-8-12-39,40-13-9-6-10-14-40)58-60(4-2,37-27-19-33(20-28-37)43(51,52)53)38-29-21-34(22-30-38)44(54,55)56/h3-30H,1-2H2. The first-order valence-corrected chi connectivity index (χ1v) is 23.9. The lowest BCUT2D eigenvalue weighted by molar-refractivity contribution is -0.138. The minimum atomic E-state index is -4.78. The molecule has 0 radical (unpaired) electrons.